The van der Waals surface area contributed by atoms with Gasteiger partial charge in [0.25, 0.3) is 0 Å². The molecule has 2 N–H and O–H groups in total. The molecule has 0 radical (unpaired) electrons. The van der Waals surface area contributed by atoms with Crippen LogP contribution in [0.15, 0.2) is 30.3 Å². The standard InChI is InChI=1S/C10H14N2.C2H6/c11-6-9-7-12(8-9)10-4-2-1-3-5-10;1-2/h1-5,9H,6-8,11H2;1-2H3. The van der Waals surface area contributed by atoms with Crippen LogP contribution in [0.1, 0.15) is 13.8 Å². The third-order valence-corrected chi connectivity index (χ3v) is 2.41. The molecule has 14 heavy (non-hydrogen) atoms. The quantitative estimate of drug-likeness (QED) is 0.777. The Kier molecular flexibility index (Phi) is 4.47. The molecule has 0 aliphatic carbocycles. The smallest absolute Gasteiger partial charge is 0.0366 e. The lowest BCUT2D eigenvalue weighted by atomic mass is 10.00. The summed E-state index contributed by atoms with van der Waals surface area (Å²) in [7, 11) is 0. The molecule has 1 fully saturated rings. The first-order valence-corrected chi connectivity index (χ1v) is 5.40. The summed E-state index contributed by atoms with van der Waals surface area (Å²) in [5.41, 5.74) is 6.87. The van der Waals surface area contributed by atoms with Crippen LogP contribution < -0.4 is 10.6 Å². The maximum Gasteiger partial charge on any atom is 0.0366 e. The minimum Gasteiger partial charge on any atom is -0.371 e. The zero-order valence-electron chi connectivity index (χ0n) is 9.11. The van der Waals surface area contributed by atoms with Crippen molar-refractivity contribution in [2.45, 2.75) is 13.8 Å². The predicted octanol–water partition coefficient (Wildman–Crippen LogP) is 2.11. The van der Waals surface area contributed by atoms with Gasteiger partial charge >= 0.3 is 0 Å². The van der Waals surface area contributed by atoms with Gasteiger partial charge in [-0.15, -0.1) is 0 Å². The summed E-state index contributed by atoms with van der Waals surface area (Å²) in [6.07, 6.45) is 0. The summed E-state index contributed by atoms with van der Waals surface area (Å²) < 4.78 is 0. The molecule has 1 heterocycles. The first-order valence-electron chi connectivity index (χ1n) is 5.40. The Bertz CT molecular complexity index is 240. The molecule has 2 nitrogen and oxygen atoms in total. The van der Waals surface area contributed by atoms with E-state index in [4.69, 9.17) is 5.73 Å². The van der Waals surface area contributed by atoms with Crippen molar-refractivity contribution in [3.63, 3.8) is 0 Å². The molecule has 0 aromatic heterocycles. The maximum absolute atomic E-state index is 5.55. The highest BCUT2D eigenvalue weighted by Gasteiger charge is 2.24. The number of rotatable bonds is 2. The molecule has 1 aliphatic rings. The van der Waals surface area contributed by atoms with Crippen LogP contribution in [0.3, 0.4) is 0 Å². The fourth-order valence-corrected chi connectivity index (χ4v) is 1.57. The Morgan fingerprint density at radius 3 is 2.29 bits per heavy atom. The third kappa shape index (κ3) is 2.48. The van der Waals surface area contributed by atoms with Gasteiger partial charge in [0.15, 0.2) is 0 Å². The van der Waals surface area contributed by atoms with E-state index in [1.54, 1.807) is 0 Å². The lowest BCUT2D eigenvalue weighted by molar-refractivity contribution is 0.420. The second-order valence-corrected chi connectivity index (χ2v) is 3.34. The summed E-state index contributed by atoms with van der Waals surface area (Å²) in [6, 6.07) is 10.5. The molecule has 0 atom stereocenters. The lowest BCUT2D eigenvalue weighted by Gasteiger charge is -2.40. The molecule has 0 unspecified atom stereocenters. The van der Waals surface area contributed by atoms with E-state index in [0.29, 0.717) is 5.92 Å². The van der Waals surface area contributed by atoms with Crippen LogP contribution >= 0.6 is 0 Å². The lowest BCUT2D eigenvalue weighted by Crippen LogP contribution is -2.49. The largest absolute Gasteiger partial charge is 0.371 e. The number of nitrogens with two attached hydrogens (primary N) is 1. The minimum absolute atomic E-state index is 0.713. The van der Waals surface area contributed by atoms with Gasteiger partial charge < -0.3 is 10.6 Å². The fourth-order valence-electron chi connectivity index (χ4n) is 1.57. The van der Waals surface area contributed by atoms with Crippen molar-refractivity contribution in [2.24, 2.45) is 11.7 Å². The molecule has 0 bridgehead atoms. The molecule has 0 spiro atoms. The summed E-state index contributed by atoms with van der Waals surface area (Å²) in [4.78, 5) is 2.36. The number of hydrogen-bond donors (Lipinski definition) is 1. The van der Waals surface area contributed by atoms with E-state index >= 15 is 0 Å². The van der Waals surface area contributed by atoms with Gasteiger partial charge in [0.1, 0.15) is 0 Å². The second-order valence-electron chi connectivity index (χ2n) is 3.34. The summed E-state index contributed by atoms with van der Waals surface area (Å²) in [5, 5.41) is 0. The van der Waals surface area contributed by atoms with Crippen LogP contribution in [-0.4, -0.2) is 19.6 Å². The van der Waals surface area contributed by atoms with E-state index in [0.717, 1.165) is 19.6 Å². The van der Waals surface area contributed by atoms with E-state index in [1.165, 1.54) is 5.69 Å². The molecule has 1 aromatic rings. The van der Waals surface area contributed by atoms with Crippen molar-refractivity contribution < 1.29 is 0 Å². The van der Waals surface area contributed by atoms with Gasteiger partial charge in [0.05, 0.1) is 0 Å². The zero-order chi connectivity index (χ0) is 10.4. The molecule has 2 rings (SSSR count). The predicted molar refractivity (Wildman–Crippen MR) is 62.5 cm³/mol. The average Bonchev–Trinajstić information content (AvgIpc) is 2.21. The Labute approximate surface area is 86.7 Å². The van der Waals surface area contributed by atoms with Crippen molar-refractivity contribution in [2.75, 3.05) is 24.5 Å². The van der Waals surface area contributed by atoms with Crippen molar-refractivity contribution in [3.8, 4) is 0 Å². The Hall–Kier alpha value is -1.02. The number of para-hydroxylation sites is 1. The van der Waals surface area contributed by atoms with E-state index in [-0.39, 0.29) is 0 Å². The molecule has 0 amide bonds. The third-order valence-electron chi connectivity index (χ3n) is 2.41. The fraction of sp³-hybridized carbons (Fsp3) is 0.500. The molecule has 1 aliphatic heterocycles. The van der Waals surface area contributed by atoms with Crippen LogP contribution in [0, 0.1) is 5.92 Å². The SMILES string of the molecule is CC.NCC1CN(c2ccccc2)C1. The monoisotopic (exact) mass is 192 g/mol. The van der Waals surface area contributed by atoms with E-state index in [9.17, 15) is 0 Å². The molecule has 0 saturated carbocycles. The molecule has 1 saturated heterocycles. The van der Waals surface area contributed by atoms with Crippen molar-refractivity contribution in [3.05, 3.63) is 30.3 Å². The second kappa shape index (κ2) is 5.66. The van der Waals surface area contributed by atoms with Crippen molar-refractivity contribution in [1.29, 1.82) is 0 Å². The Morgan fingerprint density at radius 1 is 1.21 bits per heavy atom. The summed E-state index contributed by atoms with van der Waals surface area (Å²) in [5.74, 6) is 0.713. The number of hydrogen-bond acceptors (Lipinski definition) is 2. The highest BCUT2D eigenvalue weighted by molar-refractivity contribution is 5.48. The number of nitrogens with zero attached hydrogens (tertiary/aromatic N) is 1. The first kappa shape index (κ1) is 11.1. The summed E-state index contributed by atoms with van der Waals surface area (Å²) >= 11 is 0. The van der Waals surface area contributed by atoms with Gasteiger partial charge in [-0.2, -0.15) is 0 Å². The normalized spacial score (nSPS) is 15.5. The van der Waals surface area contributed by atoms with Gasteiger partial charge in [-0.25, -0.2) is 0 Å². The van der Waals surface area contributed by atoms with Crippen LogP contribution in [0.5, 0.6) is 0 Å². The molecule has 1 aromatic carbocycles. The average molecular weight is 192 g/mol. The Balaban J connectivity index is 0.000000461. The van der Waals surface area contributed by atoms with Crippen LogP contribution in [0.2, 0.25) is 0 Å². The van der Waals surface area contributed by atoms with Crippen molar-refractivity contribution in [1.82, 2.24) is 0 Å². The molecule has 78 valence electrons. The molecular formula is C12H20N2. The summed E-state index contributed by atoms with van der Waals surface area (Å²) in [6.45, 7) is 7.07. The van der Waals surface area contributed by atoms with Gasteiger partial charge in [0, 0.05) is 24.7 Å². The highest BCUT2D eigenvalue weighted by atomic mass is 15.2. The van der Waals surface area contributed by atoms with E-state index in [1.807, 2.05) is 19.9 Å². The molecular weight excluding hydrogens is 172 g/mol. The minimum atomic E-state index is 0.713. The van der Waals surface area contributed by atoms with Crippen molar-refractivity contribution >= 4 is 5.69 Å². The Morgan fingerprint density at radius 2 is 1.79 bits per heavy atom. The van der Waals surface area contributed by atoms with Crippen LogP contribution in [0.4, 0.5) is 5.69 Å². The van der Waals surface area contributed by atoms with Gasteiger partial charge in [-0.05, 0) is 18.7 Å². The van der Waals surface area contributed by atoms with Crippen LogP contribution in [0.25, 0.3) is 0 Å². The van der Waals surface area contributed by atoms with E-state index in [2.05, 4.69) is 29.2 Å². The number of benzene rings is 1. The number of anilines is 1. The van der Waals surface area contributed by atoms with Crippen LogP contribution in [-0.2, 0) is 0 Å². The maximum atomic E-state index is 5.55. The first-order chi connectivity index (χ1) is 6.90. The van der Waals surface area contributed by atoms with Gasteiger partial charge in [-0.3, -0.25) is 0 Å². The molecule has 2 heteroatoms. The zero-order valence-corrected chi connectivity index (χ0v) is 9.11. The topological polar surface area (TPSA) is 29.3 Å². The van der Waals surface area contributed by atoms with Gasteiger partial charge in [-0.1, -0.05) is 32.0 Å². The van der Waals surface area contributed by atoms with E-state index < -0.39 is 0 Å². The van der Waals surface area contributed by atoms with Gasteiger partial charge in [0.2, 0.25) is 0 Å². The highest BCUT2D eigenvalue weighted by Crippen LogP contribution is 2.22.